The minimum Gasteiger partial charge on any atom is -0.504 e. The first-order chi connectivity index (χ1) is 10.1. The van der Waals surface area contributed by atoms with E-state index < -0.39 is 5.63 Å². The van der Waals surface area contributed by atoms with Crippen LogP contribution in [0.1, 0.15) is 0 Å². The molecule has 1 heterocycles. The molecular formula is C15H12O6. The number of aromatic hydroxyl groups is 2. The zero-order chi connectivity index (χ0) is 15.1. The van der Waals surface area contributed by atoms with Crippen LogP contribution in [0, 0.1) is 0 Å². The zero-order valence-electron chi connectivity index (χ0n) is 11.3. The van der Waals surface area contributed by atoms with Crippen molar-refractivity contribution in [3.63, 3.8) is 0 Å². The van der Waals surface area contributed by atoms with Gasteiger partial charge in [0.15, 0.2) is 22.8 Å². The molecule has 21 heavy (non-hydrogen) atoms. The normalized spacial score (nSPS) is 11.0. The molecule has 108 valence electrons. The highest BCUT2D eigenvalue weighted by atomic mass is 16.5. The van der Waals surface area contributed by atoms with Crippen LogP contribution in [0.25, 0.3) is 21.7 Å². The average Bonchev–Trinajstić information content (AvgIpc) is 2.50. The predicted molar refractivity (Wildman–Crippen MR) is 76.4 cm³/mol. The molecule has 1 aromatic heterocycles. The topological polar surface area (TPSA) is 89.1 Å². The fourth-order valence-corrected chi connectivity index (χ4v) is 2.30. The number of benzene rings is 2. The van der Waals surface area contributed by atoms with Gasteiger partial charge in [-0.05, 0) is 18.2 Å². The Labute approximate surface area is 118 Å². The maximum absolute atomic E-state index is 12.0. The van der Waals surface area contributed by atoms with Gasteiger partial charge < -0.3 is 24.1 Å². The van der Waals surface area contributed by atoms with E-state index in [9.17, 15) is 15.0 Å². The van der Waals surface area contributed by atoms with Gasteiger partial charge in [0.2, 0.25) is 0 Å². The van der Waals surface area contributed by atoms with E-state index in [-0.39, 0.29) is 33.6 Å². The molecule has 0 radical (unpaired) electrons. The van der Waals surface area contributed by atoms with E-state index in [2.05, 4.69) is 0 Å². The van der Waals surface area contributed by atoms with Gasteiger partial charge in [0.1, 0.15) is 5.75 Å². The van der Waals surface area contributed by atoms with Crippen LogP contribution in [0.3, 0.4) is 0 Å². The lowest BCUT2D eigenvalue weighted by Crippen LogP contribution is -2.01. The molecule has 2 aromatic carbocycles. The summed E-state index contributed by atoms with van der Waals surface area (Å²) in [7, 11) is 2.87. The summed E-state index contributed by atoms with van der Waals surface area (Å²) in [6, 6.07) is 5.93. The Balaban J connectivity index is 2.63. The Morgan fingerprint density at radius 2 is 1.81 bits per heavy atom. The largest absolute Gasteiger partial charge is 0.504 e. The lowest BCUT2D eigenvalue weighted by molar-refractivity contribution is 0.385. The van der Waals surface area contributed by atoms with E-state index in [4.69, 9.17) is 13.9 Å². The number of fused-ring (bicyclic) bond motifs is 3. The minimum absolute atomic E-state index is 0.0681. The van der Waals surface area contributed by atoms with Gasteiger partial charge in [-0.3, -0.25) is 0 Å². The summed E-state index contributed by atoms with van der Waals surface area (Å²) in [4.78, 5) is 12.0. The van der Waals surface area contributed by atoms with Gasteiger partial charge in [0, 0.05) is 11.5 Å². The second-order valence-electron chi connectivity index (χ2n) is 4.45. The molecule has 0 amide bonds. The number of methoxy groups -OCH3 is 2. The van der Waals surface area contributed by atoms with Gasteiger partial charge in [0.25, 0.3) is 0 Å². The molecule has 3 rings (SSSR count). The third-order valence-corrected chi connectivity index (χ3v) is 3.33. The molecule has 6 nitrogen and oxygen atoms in total. The lowest BCUT2D eigenvalue weighted by Gasteiger charge is -2.10. The molecule has 6 heteroatoms. The third-order valence-electron chi connectivity index (χ3n) is 3.33. The van der Waals surface area contributed by atoms with Crippen LogP contribution >= 0.6 is 0 Å². The number of phenols is 2. The Morgan fingerprint density at radius 1 is 1.05 bits per heavy atom. The monoisotopic (exact) mass is 288 g/mol. The number of hydrogen-bond donors (Lipinski definition) is 2. The molecule has 0 unspecified atom stereocenters. The SMILES string of the molecule is COc1ccc2c(=O)oc3c(OC)cc(O)c(O)c3c2c1. The van der Waals surface area contributed by atoms with Crippen molar-refractivity contribution in [1.82, 2.24) is 0 Å². The van der Waals surface area contributed by atoms with Gasteiger partial charge >= 0.3 is 5.63 Å². The summed E-state index contributed by atoms with van der Waals surface area (Å²) in [5.74, 6) is -0.0802. The molecule has 0 aliphatic rings. The van der Waals surface area contributed by atoms with Gasteiger partial charge in [-0.25, -0.2) is 4.79 Å². The third kappa shape index (κ3) is 1.84. The van der Waals surface area contributed by atoms with Crippen molar-refractivity contribution in [2.75, 3.05) is 14.2 Å². The number of rotatable bonds is 2. The fourth-order valence-electron chi connectivity index (χ4n) is 2.30. The van der Waals surface area contributed by atoms with E-state index >= 15 is 0 Å². The smallest absolute Gasteiger partial charge is 0.344 e. The molecule has 0 bridgehead atoms. The highest BCUT2D eigenvalue weighted by Gasteiger charge is 2.19. The molecule has 0 aliphatic heterocycles. The Bertz CT molecular complexity index is 910. The van der Waals surface area contributed by atoms with E-state index in [0.29, 0.717) is 11.1 Å². The van der Waals surface area contributed by atoms with Crippen molar-refractivity contribution < 1.29 is 24.1 Å². The maximum Gasteiger partial charge on any atom is 0.344 e. The molecule has 0 saturated heterocycles. The number of ether oxygens (including phenoxy) is 2. The summed E-state index contributed by atoms with van der Waals surface area (Å²) in [6.45, 7) is 0. The van der Waals surface area contributed by atoms with E-state index in [1.165, 1.54) is 26.4 Å². The second-order valence-corrected chi connectivity index (χ2v) is 4.45. The van der Waals surface area contributed by atoms with Gasteiger partial charge in [-0.2, -0.15) is 0 Å². The fraction of sp³-hybridized carbons (Fsp3) is 0.133. The van der Waals surface area contributed by atoms with Crippen LogP contribution < -0.4 is 15.1 Å². The van der Waals surface area contributed by atoms with Gasteiger partial charge in [0.05, 0.1) is 25.0 Å². The van der Waals surface area contributed by atoms with E-state index in [1.807, 2.05) is 0 Å². The number of hydrogen-bond acceptors (Lipinski definition) is 6. The zero-order valence-corrected chi connectivity index (χ0v) is 11.3. The molecule has 0 atom stereocenters. The van der Waals surface area contributed by atoms with Crippen LogP contribution in [-0.2, 0) is 0 Å². The van der Waals surface area contributed by atoms with Crippen LogP contribution in [0.4, 0.5) is 0 Å². The summed E-state index contributed by atoms with van der Waals surface area (Å²) < 4.78 is 15.4. The van der Waals surface area contributed by atoms with Crippen molar-refractivity contribution in [2.24, 2.45) is 0 Å². The Hall–Kier alpha value is -2.89. The first-order valence-electron chi connectivity index (χ1n) is 6.10. The quantitative estimate of drug-likeness (QED) is 0.427. The molecule has 0 spiro atoms. The highest BCUT2D eigenvalue weighted by molar-refractivity contribution is 6.10. The summed E-state index contributed by atoms with van der Waals surface area (Å²) in [5.41, 5.74) is -0.498. The van der Waals surface area contributed by atoms with Crippen molar-refractivity contribution in [3.05, 3.63) is 34.7 Å². The summed E-state index contributed by atoms with van der Waals surface area (Å²) in [5, 5.41) is 20.8. The predicted octanol–water partition coefficient (Wildman–Crippen LogP) is 2.37. The first-order valence-corrected chi connectivity index (χ1v) is 6.10. The average molecular weight is 288 g/mol. The molecule has 2 N–H and O–H groups in total. The number of phenolic OH excluding ortho intramolecular Hbond substituents is 2. The lowest BCUT2D eigenvalue weighted by atomic mass is 10.1. The van der Waals surface area contributed by atoms with Crippen LogP contribution in [-0.4, -0.2) is 24.4 Å². The van der Waals surface area contributed by atoms with Crippen molar-refractivity contribution in [3.8, 4) is 23.0 Å². The van der Waals surface area contributed by atoms with Crippen LogP contribution in [0.2, 0.25) is 0 Å². The molecule has 3 aromatic rings. The van der Waals surface area contributed by atoms with Crippen molar-refractivity contribution in [2.45, 2.75) is 0 Å². The van der Waals surface area contributed by atoms with Crippen molar-refractivity contribution >= 4 is 21.7 Å². The Morgan fingerprint density at radius 3 is 2.48 bits per heavy atom. The van der Waals surface area contributed by atoms with Crippen LogP contribution in [0.15, 0.2) is 33.5 Å². The molecule has 0 fully saturated rings. The minimum atomic E-state index is -0.566. The summed E-state index contributed by atoms with van der Waals surface area (Å²) >= 11 is 0. The van der Waals surface area contributed by atoms with E-state index in [1.54, 1.807) is 12.1 Å². The standard InChI is InChI=1S/C15H12O6/c1-19-7-3-4-8-9(5-7)12-13(17)10(16)6-11(20-2)14(12)21-15(8)18/h3-6,16-17H,1-2H3. The second kappa shape index (κ2) is 4.59. The van der Waals surface area contributed by atoms with Crippen LogP contribution in [0.5, 0.6) is 23.0 Å². The molecule has 0 aliphatic carbocycles. The first kappa shape index (κ1) is 13.1. The highest BCUT2D eigenvalue weighted by Crippen LogP contribution is 2.42. The maximum atomic E-state index is 12.0. The van der Waals surface area contributed by atoms with E-state index in [0.717, 1.165) is 0 Å². The van der Waals surface area contributed by atoms with Gasteiger partial charge in [-0.15, -0.1) is 0 Å². The summed E-state index contributed by atoms with van der Waals surface area (Å²) in [6.07, 6.45) is 0. The van der Waals surface area contributed by atoms with Gasteiger partial charge in [-0.1, -0.05) is 0 Å². The van der Waals surface area contributed by atoms with Crippen molar-refractivity contribution in [1.29, 1.82) is 0 Å². The Kier molecular flexibility index (Phi) is 2.86. The molecule has 0 saturated carbocycles. The molecular weight excluding hydrogens is 276 g/mol.